The Bertz CT molecular complexity index is 385. The first-order valence-corrected chi connectivity index (χ1v) is 9.37. The lowest BCUT2D eigenvalue weighted by atomic mass is 10.4. The van der Waals surface area contributed by atoms with Crippen molar-refractivity contribution in [2.45, 2.75) is 11.8 Å². The molecule has 88 valence electrons. The molecule has 2 nitrogen and oxygen atoms in total. The Morgan fingerprint density at radius 1 is 1.44 bits per heavy atom. The van der Waals surface area contributed by atoms with E-state index in [0.717, 1.165) is 4.90 Å². The molecule has 1 rings (SSSR count). The molecular weight excluding hydrogens is 277 g/mol. The highest BCUT2D eigenvalue weighted by atomic mass is 32.9. The summed E-state index contributed by atoms with van der Waals surface area (Å²) >= 11 is 12.1. The third-order valence-electron chi connectivity index (χ3n) is 1.80. The molecule has 1 unspecified atom stereocenters. The molecule has 1 aromatic rings. The molecule has 0 N–H and O–H groups in total. The van der Waals surface area contributed by atoms with E-state index in [4.69, 9.17) is 28.5 Å². The van der Waals surface area contributed by atoms with Gasteiger partial charge < -0.3 is 9.19 Å². The van der Waals surface area contributed by atoms with Gasteiger partial charge >= 0.3 is 0 Å². The van der Waals surface area contributed by atoms with Crippen molar-refractivity contribution in [3.63, 3.8) is 0 Å². The molecule has 0 aliphatic carbocycles. The van der Waals surface area contributed by atoms with E-state index in [9.17, 15) is 0 Å². The molecule has 0 heterocycles. The van der Waals surface area contributed by atoms with E-state index in [1.54, 1.807) is 16.9 Å². The summed E-state index contributed by atoms with van der Waals surface area (Å²) in [6.07, 6.45) is 0. The van der Waals surface area contributed by atoms with Crippen LogP contribution in [0.4, 0.5) is 0 Å². The van der Waals surface area contributed by atoms with Crippen LogP contribution >= 0.6 is 29.2 Å². The molecule has 0 amide bonds. The van der Waals surface area contributed by atoms with Crippen LogP contribution in [0.15, 0.2) is 35.2 Å². The summed E-state index contributed by atoms with van der Waals surface area (Å²) in [4.78, 5) is 1.11. The largest absolute Gasteiger partial charge is 0.326 e. The maximum absolute atomic E-state index is 5.70. The number of nitrogens with zero attached hydrogens (tertiary/aromatic N) is 1. The Hall–Kier alpha value is 0.0700. The fourth-order valence-corrected chi connectivity index (χ4v) is 6.52. The lowest BCUT2D eigenvalue weighted by molar-refractivity contribution is 0.369. The zero-order valence-electron chi connectivity index (χ0n) is 9.20. The number of hydrogen-bond donors (Lipinski definition) is 0. The van der Waals surface area contributed by atoms with Crippen LogP contribution in [-0.4, -0.2) is 23.8 Å². The average molecular weight is 291 g/mol. The van der Waals surface area contributed by atoms with Gasteiger partial charge in [-0.1, -0.05) is 30.4 Å². The van der Waals surface area contributed by atoms with Crippen molar-refractivity contribution < 1.29 is 4.52 Å². The van der Waals surface area contributed by atoms with Gasteiger partial charge in [-0.15, -0.1) is 0 Å². The van der Waals surface area contributed by atoms with E-state index in [-0.39, 0.29) is 0 Å². The predicted octanol–water partition coefficient (Wildman–Crippen LogP) is 3.93. The first-order valence-electron chi connectivity index (χ1n) is 4.80. The van der Waals surface area contributed by atoms with E-state index in [1.165, 1.54) is 0 Å². The van der Waals surface area contributed by atoms with Crippen molar-refractivity contribution in [2.24, 2.45) is 0 Å². The summed E-state index contributed by atoms with van der Waals surface area (Å²) in [5.74, 6) is 0. The van der Waals surface area contributed by atoms with E-state index >= 15 is 0 Å². The minimum atomic E-state index is -2.11. The Morgan fingerprint density at radius 3 is 2.56 bits per heavy atom. The first kappa shape index (κ1) is 14.1. The second kappa shape index (κ2) is 6.72. The summed E-state index contributed by atoms with van der Waals surface area (Å²) in [5.41, 5.74) is -0.547. The van der Waals surface area contributed by atoms with Gasteiger partial charge in [0.05, 0.1) is 12.1 Å². The number of rotatable bonds is 6. The standard InChI is InChI=1S/C10H14NOPS3/c1-3-12-13(15,11(2)9-14)16-10-7-5-4-6-8-10/h4-9H,3H2,1-2H3. The van der Waals surface area contributed by atoms with Gasteiger partial charge in [0.25, 0.3) is 0 Å². The van der Waals surface area contributed by atoms with Crippen molar-refractivity contribution in [1.82, 2.24) is 4.67 Å². The second-order valence-corrected chi connectivity index (χ2v) is 9.87. The topological polar surface area (TPSA) is 12.5 Å². The molecule has 6 heteroatoms. The molecule has 0 saturated carbocycles. The molecule has 0 aliphatic rings. The van der Waals surface area contributed by atoms with Crippen LogP contribution in [0.3, 0.4) is 0 Å². The minimum absolute atomic E-state index is 0.602. The molecule has 0 fully saturated rings. The molecule has 0 radical (unpaired) electrons. The lowest BCUT2D eigenvalue weighted by Gasteiger charge is -2.28. The van der Waals surface area contributed by atoms with Crippen molar-refractivity contribution in [3.05, 3.63) is 30.3 Å². The molecule has 0 bridgehead atoms. The first-order chi connectivity index (χ1) is 7.62. The van der Waals surface area contributed by atoms with Crippen LogP contribution in [0.2, 0.25) is 0 Å². The van der Waals surface area contributed by atoms with Gasteiger partial charge in [0.1, 0.15) is 0 Å². The van der Waals surface area contributed by atoms with Crippen LogP contribution in [0.1, 0.15) is 6.92 Å². The van der Waals surface area contributed by atoms with E-state index < -0.39 is 5.62 Å². The average Bonchev–Trinajstić information content (AvgIpc) is 2.29. The van der Waals surface area contributed by atoms with Crippen molar-refractivity contribution >= 4 is 46.5 Å². The van der Waals surface area contributed by atoms with Gasteiger partial charge in [-0.3, -0.25) is 0 Å². The zero-order valence-corrected chi connectivity index (χ0v) is 12.5. The summed E-state index contributed by atoms with van der Waals surface area (Å²) in [7, 11) is 1.87. The molecular formula is C10H14NOPS3. The van der Waals surface area contributed by atoms with Gasteiger partial charge in [-0.05, 0) is 42.2 Å². The highest BCUT2D eigenvalue weighted by Gasteiger charge is 2.23. The van der Waals surface area contributed by atoms with Crippen LogP contribution < -0.4 is 0 Å². The Labute approximate surface area is 111 Å². The number of benzene rings is 1. The van der Waals surface area contributed by atoms with E-state index in [2.05, 4.69) is 0 Å². The monoisotopic (exact) mass is 291 g/mol. The van der Waals surface area contributed by atoms with Crippen molar-refractivity contribution in [3.8, 4) is 0 Å². The maximum Gasteiger partial charge on any atom is 0.217 e. The summed E-state index contributed by atoms with van der Waals surface area (Å²) in [5, 5.41) is 0. The van der Waals surface area contributed by atoms with Gasteiger partial charge in [-0.25, -0.2) is 0 Å². The van der Waals surface area contributed by atoms with Crippen molar-refractivity contribution in [1.29, 1.82) is 0 Å². The summed E-state index contributed by atoms with van der Waals surface area (Å²) in [6.45, 7) is 2.55. The predicted molar refractivity (Wildman–Crippen MR) is 79.6 cm³/mol. The molecule has 0 aliphatic heterocycles. The smallest absolute Gasteiger partial charge is 0.217 e. The molecule has 0 saturated heterocycles. The third-order valence-corrected chi connectivity index (χ3v) is 8.63. The molecule has 1 aromatic carbocycles. The minimum Gasteiger partial charge on any atom is -0.326 e. The molecule has 16 heavy (non-hydrogen) atoms. The normalized spacial score (nSPS) is 14.1. The fourth-order valence-electron chi connectivity index (χ4n) is 1.02. The SMILES string of the molecule is CCOP(=S)(Sc1ccccc1)N(C)C=S. The van der Waals surface area contributed by atoms with Crippen LogP contribution in [0.25, 0.3) is 0 Å². The van der Waals surface area contributed by atoms with Crippen LogP contribution in [0.5, 0.6) is 0 Å². The molecule has 0 spiro atoms. The Kier molecular flexibility index (Phi) is 5.94. The third kappa shape index (κ3) is 3.82. The Morgan fingerprint density at radius 2 is 2.06 bits per heavy atom. The van der Waals surface area contributed by atoms with Gasteiger partial charge in [0, 0.05) is 11.9 Å². The van der Waals surface area contributed by atoms with Gasteiger partial charge in [0.2, 0.25) is 5.62 Å². The maximum atomic E-state index is 5.70. The molecule has 1 atom stereocenters. The lowest BCUT2D eigenvalue weighted by Crippen LogP contribution is -2.11. The zero-order chi connectivity index (χ0) is 12.0. The van der Waals surface area contributed by atoms with E-state index in [0.29, 0.717) is 6.61 Å². The van der Waals surface area contributed by atoms with Crippen LogP contribution in [0, 0.1) is 0 Å². The number of hydrogen-bond acceptors (Lipinski definition) is 4. The van der Waals surface area contributed by atoms with Gasteiger partial charge in [-0.2, -0.15) is 0 Å². The fraction of sp³-hybridized carbons (Fsp3) is 0.300. The molecule has 0 aromatic heterocycles. The second-order valence-electron chi connectivity index (χ2n) is 2.97. The quantitative estimate of drug-likeness (QED) is 0.580. The summed E-state index contributed by atoms with van der Waals surface area (Å²) in [6, 6.07) is 10.0. The highest BCUT2D eigenvalue weighted by molar-refractivity contribution is 8.68. The van der Waals surface area contributed by atoms with E-state index in [1.807, 2.05) is 49.0 Å². The van der Waals surface area contributed by atoms with Gasteiger partial charge in [0.15, 0.2) is 0 Å². The highest BCUT2D eigenvalue weighted by Crippen LogP contribution is 2.64. The van der Waals surface area contributed by atoms with Crippen LogP contribution in [-0.2, 0) is 16.3 Å². The Balaban J connectivity index is 2.87. The van der Waals surface area contributed by atoms with Crippen molar-refractivity contribution in [2.75, 3.05) is 13.7 Å². The number of thiocarbonyl (C=S) groups is 1. The summed E-state index contributed by atoms with van der Waals surface area (Å²) < 4.78 is 7.54.